The van der Waals surface area contributed by atoms with E-state index in [-0.39, 0.29) is 37.0 Å². The van der Waals surface area contributed by atoms with Crippen molar-refractivity contribution in [3.63, 3.8) is 0 Å². The van der Waals surface area contributed by atoms with E-state index in [2.05, 4.69) is 10.6 Å². The van der Waals surface area contributed by atoms with Crippen LogP contribution in [0.2, 0.25) is 0 Å². The molecule has 1 aromatic rings. The highest BCUT2D eigenvalue weighted by Crippen LogP contribution is 2.28. The molecule has 0 saturated carbocycles. The molecule has 1 aromatic carbocycles. The molecule has 3 N–H and O–H groups in total. The van der Waals surface area contributed by atoms with Crippen molar-refractivity contribution in [2.75, 3.05) is 18.5 Å². The SMILES string of the molecule is CC(CO)C(C)NC(=O)c1ccc2c(c1)NC(=O)CO2. The van der Waals surface area contributed by atoms with Gasteiger partial charge < -0.3 is 20.5 Å². The van der Waals surface area contributed by atoms with Crippen LogP contribution in [-0.4, -0.2) is 36.2 Å². The first-order valence-electron chi connectivity index (χ1n) is 6.49. The van der Waals surface area contributed by atoms with E-state index in [1.54, 1.807) is 18.2 Å². The molecule has 108 valence electrons. The van der Waals surface area contributed by atoms with Crippen LogP contribution in [0.5, 0.6) is 5.75 Å². The van der Waals surface area contributed by atoms with Crippen molar-refractivity contribution in [1.29, 1.82) is 0 Å². The fourth-order valence-corrected chi connectivity index (χ4v) is 1.81. The molecule has 2 rings (SSSR count). The molecule has 0 aromatic heterocycles. The number of aliphatic hydroxyl groups excluding tert-OH is 1. The maximum atomic E-state index is 12.1. The van der Waals surface area contributed by atoms with E-state index in [9.17, 15) is 9.59 Å². The minimum absolute atomic E-state index is 0.00946. The number of hydrogen-bond donors (Lipinski definition) is 3. The first kappa shape index (κ1) is 14.3. The van der Waals surface area contributed by atoms with E-state index in [1.165, 1.54) is 0 Å². The molecule has 2 amide bonds. The van der Waals surface area contributed by atoms with Crippen molar-refractivity contribution in [2.45, 2.75) is 19.9 Å². The summed E-state index contributed by atoms with van der Waals surface area (Å²) < 4.78 is 5.23. The molecule has 6 heteroatoms. The maximum Gasteiger partial charge on any atom is 0.262 e. The monoisotopic (exact) mass is 278 g/mol. The lowest BCUT2D eigenvalue weighted by Crippen LogP contribution is -2.38. The summed E-state index contributed by atoms with van der Waals surface area (Å²) in [5, 5.41) is 14.5. The molecule has 2 unspecified atom stereocenters. The van der Waals surface area contributed by atoms with Crippen LogP contribution < -0.4 is 15.4 Å². The van der Waals surface area contributed by atoms with E-state index < -0.39 is 0 Å². The highest BCUT2D eigenvalue weighted by atomic mass is 16.5. The Morgan fingerprint density at radius 1 is 1.50 bits per heavy atom. The zero-order valence-electron chi connectivity index (χ0n) is 11.5. The Bertz CT molecular complexity index is 530. The Balaban J connectivity index is 2.11. The van der Waals surface area contributed by atoms with Crippen LogP contribution >= 0.6 is 0 Å². The Morgan fingerprint density at radius 3 is 2.95 bits per heavy atom. The highest BCUT2D eigenvalue weighted by Gasteiger charge is 2.19. The largest absolute Gasteiger partial charge is 0.482 e. The van der Waals surface area contributed by atoms with Gasteiger partial charge in [-0.25, -0.2) is 0 Å². The molecule has 0 fully saturated rings. The van der Waals surface area contributed by atoms with Crippen LogP contribution in [0.25, 0.3) is 0 Å². The number of ether oxygens (including phenoxy) is 1. The number of nitrogens with one attached hydrogen (secondary N) is 2. The standard InChI is InChI=1S/C14H18N2O4/c1-8(6-17)9(2)15-14(19)10-3-4-12-11(5-10)16-13(18)7-20-12/h3-5,8-9,17H,6-7H2,1-2H3,(H,15,19)(H,16,18). The van der Waals surface area contributed by atoms with Crippen LogP contribution in [0.15, 0.2) is 18.2 Å². The summed E-state index contributed by atoms with van der Waals surface area (Å²) in [6.07, 6.45) is 0. The molecule has 1 aliphatic rings. The third-order valence-electron chi connectivity index (χ3n) is 3.37. The summed E-state index contributed by atoms with van der Waals surface area (Å²) in [6.45, 7) is 3.69. The normalized spacial score (nSPS) is 16.4. The summed E-state index contributed by atoms with van der Waals surface area (Å²) in [5.41, 5.74) is 0.934. The molecule has 1 heterocycles. The minimum atomic E-state index is -0.250. The molecular formula is C14H18N2O4. The summed E-state index contributed by atoms with van der Waals surface area (Å²) in [7, 11) is 0. The minimum Gasteiger partial charge on any atom is -0.482 e. The molecule has 20 heavy (non-hydrogen) atoms. The highest BCUT2D eigenvalue weighted by molar-refractivity contribution is 5.99. The number of carbonyl (C=O) groups is 2. The Kier molecular flexibility index (Phi) is 4.24. The van der Waals surface area contributed by atoms with Gasteiger partial charge in [-0.1, -0.05) is 6.92 Å². The molecule has 0 spiro atoms. The fourth-order valence-electron chi connectivity index (χ4n) is 1.81. The van der Waals surface area contributed by atoms with Gasteiger partial charge in [0.05, 0.1) is 5.69 Å². The second-order valence-corrected chi connectivity index (χ2v) is 4.97. The van der Waals surface area contributed by atoms with E-state index >= 15 is 0 Å². The third-order valence-corrected chi connectivity index (χ3v) is 3.37. The van der Waals surface area contributed by atoms with Gasteiger partial charge in [0.15, 0.2) is 6.61 Å². The van der Waals surface area contributed by atoms with Crippen LogP contribution in [0, 0.1) is 5.92 Å². The number of hydrogen-bond acceptors (Lipinski definition) is 4. The number of rotatable bonds is 4. The summed E-state index contributed by atoms with van der Waals surface area (Å²) in [5.74, 6) is 0.0373. The molecule has 0 bridgehead atoms. The fraction of sp³-hybridized carbons (Fsp3) is 0.429. The quantitative estimate of drug-likeness (QED) is 0.759. The number of benzene rings is 1. The second-order valence-electron chi connectivity index (χ2n) is 4.97. The third kappa shape index (κ3) is 3.08. The van der Waals surface area contributed by atoms with Gasteiger partial charge in [0.2, 0.25) is 0 Å². The van der Waals surface area contributed by atoms with Crippen LogP contribution in [0.1, 0.15) is 24.2 Å². The van der Waals surface area contributed by atoms with Gasteiger partial charge in [-0.05, 0) is 31.0 Å². The first-order chi connectivity index (χ1) is 9.51. The van der Waals surface area contributed by atoms with Gasteiger partial charge in [-0.15, -0.1) is 0 Å². The molecule has 0 saturated heterocycles. The topological polar surface area (TPSA) is 87.7 Å². The smallest absolute Gasteiger partial charge is 0.262 e. The Hall–Kier alpha value is -2.08. The van der Waals surface area contributed by atoms with Crippen molar-refractivity contribution in [1.82, 2.24) is 5.32 Å². The van der Waals surface area contributed by atoms with Crippen molar-refractivity contribution < 1.29 is 19.4 Å². The van der Waals surface area contributed by atoms with Gasteiger partial charge in [0, 0.05) is 18.2 Å². The second kappa shape index (κ2) is 5.92. The molecule has 6 nitrogen and oxygen atoms in total. The molecule has 2 atom stereocenters. The van der Waals surface area contributed by atoms with E-state index in [4.69, 9.17) is 9.84 Å². The van der Waals surface area contributed by atoms with Gasteiger partial charge in [0.1, 0.15) is 5.75 Å². The zero-order valence-corrected chi connectivity index (χ0v) is 11.5. The zero-order chi connectivity index (χ0) is 14.7. The summed E-state index contributed by atoms with van der Waals surface area (Å²) in [4.78, 5) is 23.3. The van der Waals surface area contributed by atoms with Gasteiger partial charge in [-0.2, -0.15) is 0 Å². The van der Waals surface area contributed by atoms with E-state index in [1.807, 2.05) is 13.8 Å². The van der Waals surface area contributed by atoms with Crippen molar-refractivity contribution in [3.8, 4) is 5.75 Å². The van der Waals surface area contributed by atoms with E-state index in [0.717, 1.165) is 0 Å². The lowest BCUT2D eigenvalue weighted by molar-refractivity contribution is -0.118. The summed E-state index contributed by atoms with van der Waals surface area (Å²) in [6, 6.07) is 4.73. The van der Waals surface area contributed by atoms with Crippen molar-refractivity contribution >= 4 is 17.5 Å². The molecule has 0 aliphatic carbocycles. The molecule has 1 aliphatic heterocycles. The van der Waals surface area contributed by atoms with Gasteiger partial charge >= 0.3 is 0 Å². The van der Waals surface area contributed by atoms with Crippen LogP contribution in [-0.2, 0) is 4.79 Å². The predicted molar refractivity (Wildman–Crippen MR) is 73.7 cm³/mol. The van der Waals surface area contributed by atoms with Crippen molar-refractivity contribution in [3.05, 3.63) is 23.8 Å². The van der Waals surface area contributed by atoms with E-state index in [0.29, 0.717) is 17.0 Å². The van der Waals surface area contributed by atoms with Crippen molar-refractivity contribution in [2.24, 2.45) is 5.92 Å². The lowest BCUT2D eigenvalue weighted by Gasteiger charge is -2.21. The average molecular weight is 278 g/mol. The maximum absolute atomic E-state index is 12.1. The number of fused-ring (bicyclic) bond motifs is 1. The number of amides is 2. The summed E-state index contributed by atoms with van der Waals surface area (Å²) >= 11 is 0. The predicted octanol–water partition coefficient (Wildman–Crippen LogP) is 0.764. The van der Waals surface area contributed by atoms with Crippen LogP contribution in [0.3, 0.4) is 0 Å². The lowest BCUT2D eigenvalue weighted by atomic mass is 10.0. The molecular weight excluding hydrogens is 260 g/mol. The molecule has 0 radical (unpaired) electrons. The number of aliphatic hydroxyl groups is 1. The first-order valence-corrected chi connectivity index (χ1v) is 6.49. The number of carbonyl (C=O) groups excluding carboxylic acids is 2. The van der Waals surface area contributed by atoms with Gasteiger partial charge in [0.25, 0.3) is 11.8 Å². The Morgan fingerprint density at radius 2 is 2.25 bits per heavy atom. The van der Waals surface area contributed by atoms with Gasteiger partial charge in [-0.3, -0.25) is 9.59 Å². The number of anilines is 1. The van der Waals surface area contributed by atoms with Crippen LogP contribution in [0.4, 0.5) is 5.69 Å². The average Bonchev–Trinajstić information content (AvgIpc) is 2.45. The Labute approximate surface area is 117 Å².